The molecule has 2 nitrogen and oxygen atoms in total. The van der Waals surface area contributed by atoms with Gasteiger partial charge in [-0.2, -0.15) is 0 Å². The van der Waals surface area contributed by atoms with Crippen LogP contribution in [0.4, 0.5) is 4.39 Å². The van der Waals surface area contributed by atoms with E-state index >= 15 is 0 Å². The summed E-state index contributed by atoms with van der Waals surface area (Å²) < 4.78 is 18.3. The van der Waals surface area contributed by atoms with Crippen LogP contribution in [0.5, 0.6) is 5.75 Å². The Hall–Kier alpha value is -1.35. The van der Waals surface area contributed by atoms with Gasteiger partial charge in [0.05, 0.1) is 13.2 Å². The molecule has 0 radical (unpaired) electrons. The number of rotatable bonds is 5. The monoisotopic (exact) mass is 210 g/mol. The van der Waals surface area contributed by atoms with E-state index in [0.717, 1.165) is 0 Å². The summed E-state index contributed by atoms with van der Waals surface area (Å²) in [6.45, 7) is 3.55. The van der Waals surface area contributed by atoms with E-state index < -0.39 is 11.9 Å². The molecule has 1 unspecified atom stereocenters. The van der Waals surface area contributed by atoms with Gasteiger partial charge >= 0.3 is 0 Å². The van der Waals surface area contributed by atoms with Gasteiger partial charge < -0.3 is 9.84 Å². The van der Waals surface area contributed by atoms with Crippen LogP contribution in [0.1, 0.15) is 24.5 Å². The number of aliphatic hydroxyl groups excluding tert-OH is 1. The quantitative estimate of drug-likeness (QED) is 0.757. The maximum absolute atomic E-state index is 13.4. The molecular formula is C12H15FO2. The lowest BCUT2D eigenvalue weighted by molar-refractivity contribution is 0.164. The first-order valence-electron chi connectivity index (χ1n) is 4.81. The van der Waals surface area contributed by atoms with Crippen LogP contribution >= 0.6 is 0 Å². The lowest BCUT2D eigenvalue weighted by atomic mass is 10.0. The average Bonchev–Trinajstić information content (AvgIpc) is 2.25. The zero-order valence-electron chi connectivity index (χ0n) is 8.74. The second-order valence-electron chi connectivity index (χ2n) is 3.27. The molecule has 1 atom stereocenters. The summed E-state index contributed by atoms with van der Waals surface area (Å²) >= 11 is 0. The highest BCUT2D eigenvalue weighted by Gasteiger charge is 2.12. The number of hydrogen-bond donors (Lipinski definition) is 1. The van der Waals surface area contributed by atoms with Crippen molar-refractivity contribution in [2.45, 2.75) is 18.9 Å². The Bertz CT molecular complexity index is 336. The Morgan fingerprint density at radius 1 is 1.60 bits per heavy atom. The molecule has 0 saturated carbocycles. The minimum atomic E-state index is -0.783. The van der Waals surface area contributed by atoms with Crippen LogP contribution in [0.25, 0.3) is 0 Å². The molecule has 0 spiro atoms. The lowest BCUT2D eigenvalue weighted by Crippen LogP contribution is -2.00. The maximum Gasteiger partial charge on any atom is 0.132 e. The molecule has 0 amide bonds. The highest BCUT2D eigenvalue weighted by atomic mass is 19.1. The second kappa shape index (κ2) is 5.51. The molecular weight excluding hydrogens is 195 g/mol. The van der Waals surface area contributed by atoms with E-state index in [0.29, 0.717) is 24.2 Å². The third-order valence-corrected chi connectivity index (χ3v) is 2.21. The van der Waals surface area contributed by atoms with Crippen LogP contribution in [0, 0.1) is 5.82 Å². The number of allylic oxidation sites excluding steroid dienone is 1. The summed E-state index contributed by atoms with van der Waals surface area (Å²) in [5.74, 6) is 0.0121. The van der Waals surface area contributed by atoms with Crippen LogP contribution in [-0.4, -0.2) is 12.2 Å². The van der Waals surface area contributed by atoms with Crippen molar-refractivity contribution in [1.82, 2.24) is 0 Å². The van der Waals surface area contributed by atoms with Crippen molar-refractivity contribution in [3.63, 3.8) is 0 Å². The van der Waals surface area contributed by atoms with Crippen molar-refractivity contribution >= 4 is 0 Å². The Labute approximate surface area is 89.0 Å². The van der Waals surface area contributed by atoms with Gasteiger partial charge in [0.1, 0.15) is 11.6 Å². The Morgan fingerprint density at radius 2 is 2.33 bits per heavy atom. The zero-order chi connectivity index (χ0) is 11.3. The van der Waals surface area contributed by atoms with Gasteiger partial charge in [-0.15, -0.1) is 6.58 Å². The minimum Gasteiger partial charge on any atom is -0.497 e. The smallest absolute Gasteiger partial charge is 0.132 e. The number of hydrogen-bond acceptors (Lipinski definition) is 2. The van der Waals surface area contributed by atoms with Crippen LogP contribution in [-0.2, 0) is 0 Å². The molecule has 1 rings (SSSR count). The summed E-state index contributed by atoms with van der Waals surface area (Å²) in [6, 6.07) is 4.45. The summed E-state index contributed by atoms with van der Waals surface area (Å²) in [4.78, 5) is 0. The zero-order valence-corrected chi connectivity index (χ0v) is 8.74. The Balaban J connectivity index is 2.80. The fraction of sp³-hybridized carbons (Fsp3) is 0.333. The van der Waals surface area contributed by atoms with Crippen molar-refractivity contribution in [1.29, 1.82) is 0 Å². The molecule has 0 aliphatic rings. The van der Waals surface area contributed by atoms with Crippen molar-refractivity contribution in [2.75, 3.05) is 7.11 Å². The molecule has 15 heavy (non-hydrogen) atoms. The largest absolute Gasteiger partial charge is 0.497 e. The van der Waals surface area contributed by atoms with Gasteiger partial charge in [-0.1, -0.05) is 6.08 Å². The maximum atomic E-state index is 13.4. The van der Waals surface area contributed by atoms with Crippen molar-refractivity contribution in [3.8, 4) is 5.75 Å². The molecule has 0 saturated heterocycles. The van der Waals surface area contributed by atoms with E-state index in [1.54, 1.807) is 18.2 Å². The van der Waals surface area contributed by atoms with E-state index in [-0.39, 0.29) is 0 Å². The topological polar surface area (TPSA) is 29.5 Å². The van der Waals surface area contributed by atoms with E-state index in [2.05, 4.69) is 6.58 Å². The Kier molecular flexibility index (Phi) is 4.31. The fourth-order valence-electron chi connectivity index (χ4n) is 1.34. The first kappa shape index (κ1) is 11.7. The van der Waals surface area contributed by atoms with Gasteiger partial charge in [0.2, 0.25) is 0 Å². The van der Waals surface area contributed by atoms with E-state index in [1.165, 1.54) is 13.2 Å². The second-order valence-corrected chi connectivity index (χ2v) is 3.27. The number of halogens is 1. The summed E-state index contributed by atoms with van der Waals surface area (Å²) in [7, 11) is 1.47. The highest BCUT2D eigenvalue weighted by molar-refractivity contribution is 5.30. The van der Waals surface area contributed by atoms with Crippen LogP contribution < -0.4 is 4.74 Å². The van der Waals surface area contributed by atoms with Gasteiger partial charge in [0, 0.05) is 11.6 Å². The third-order valence-electron chi connectivity index (χ3n) is 2.21. The molecule has 0 aromatic heterocycles. The summed E-state index contributed by atoms with van der Waals surface area (Å²) in [5, 5.41) is 9.67. The lowest BCUT2D eigenvalue weighted by Gasteiger charge is -2.11. The minimum absolute atomic E-state index is 0.303. The predicted octanol–water partition coefficient (Wildman–Crippen LogP) is 2.83. The van der Waals surface area contributed by atoms with Crippen molar-refractivity contribution in [3.05, 3.63) is 42.2 Å². The number of ether oxygens (including phenoxy) is 1. The predicted molar refractivity (Wildman–Crippen MR) is 57.3 cm³/mol. The van der Waals surface area contributed by atoms with Gasteiger partial charge in [0.25, 0.3) is 0 Å². The highest BCUT2D eigenvalue weighted by Crippen LogP contribution is 2.24. The van der Waals surface area contributed by atoms with Gasteiger partial charge in [-0.25, -0.2) is 4.39 Å². The van der Waals surface area contributed by atoms with Crippen LogP contribution in [0.3, 0.4) is 0 Å². The fourth-order valence-corrected chi connectivity index (χ4v) is 1.34. The summed E-state index contributed by atoms with van der Waals surface area (Å²) in [5.41, 5.74) is 0.303. The molecule has 82 valence electrons. The SMILES string of the molecule is C=CCCC(O)c1ccc(OC)cc1F. The van der Waals surface area contributed by atoms with E-state index in [9.17, 15) is 9.50 Å². The molecule has 0 bridgehead atoms. The van der Waals surface area contributed by atoms with E-state index in [1.807, 2.05) is 0 Å². The van der Waals surface area contributed by atoms with Crippen LogP contribution in [0.15, 0.2) is 30.9 Å². The number of aliphatic hydroxyl groups is 1. The number of benzene rings is 1. The molecule has 1 aromatic rings. The average molecular weight is 210 g/mol. The molecule has 1 N–H and O–H groups in total. The first-order chi connectivity index (χ1) is 7.19. The molecule has 3 heteroatoms. The standard InChI is InChI=1S/C12H15FO2/c1-3-4-5-12(14)10-7-6-9(15-2)8-11(10)13/h3,6-8,12,14H,1,4-5H2,2H3. The molecule has 0 fully saturated rings. The van der Waals surface area contributed by atoms with Gasteiger partial charge in [-0.3, -0.25) is 0 Å². The van der Waals surface area contributed by atoms with Gasteiger partial charge in [0.15, 0.2) is 0 Å². The van der Waals surface area contributed by atoms with Crippen LogP contribution in [0.2, 0.25) is 0 Å². The van der Waals surface area contributed by atoms with Crippen molar-refractivity contribution < 1.29 is 14.2 Å². The molecule has 1 aromatic carbocycles. The summed E-state index contributed by atoms with van der Waals surface area (Å²) in [6.07, 6.45) is 2.05. The third kappa shape index (κ3) is 3.06. The normalized spacial score (nSPS) is 12.2. The van der Waals surface area contributed by atoms with Crippen molar-refractivity contribution in [2.24, 2.45) is 0 Å². The molecule has 0 aliphatic carbocycles. The first-order valence-corrected chi connectivity index (χ1v) is 4.81. The molecule has 0 aliphatic heterocycles. The number of methoxy groups -OCH3 is 1. The Morgan fingerprint density at radius 3 is 2.87 bits per heavy atom. The van der Waals surface area contributed by atoms with Gasteiger partial charge in [-0.05, 0) is 25.0 Å². The van der Waals surface area contributed by atoms with E-state index in [4.69, 9.17) is 4.74 Å². The molecule has 0 heterocycles.